The Morgan fingerprint density at radius 1 is 0.979 bits per heavy atom. The minimum absolute atomic E-state index is 0.0191. The molecule has 48 heavy (non-hydrogen) atoms. The van der Waals surface area contributed by atoms with Gasteiger partial charge in [-0.15, -0.1) is 0 Å². The Hall–Kier alpha value is -5.16. The van der Waals surface area contributed by atoms with E-state index in [4.69, 9.17) is 20.6 Å². The number of rotatable bonds is 9. The van der Waals surface area contributed by atoms with Crippen LogP contribution in [0.4, 0.5) is 0 Å². The van der Waals surface area contributed by atoms with Crippen molar-refractivity contribution < 1.29 is 24.2 Å². The van der Waals surface area contributed by atoms with Gasteiger partial charge in [0, 0.05) is 54.3 Å². The number of methoxy groups -OCH3 is 1. The topological polar surface area (TPSA) is 145 Å². The van der Waals surface area contributed by atoms with E-state index in [0.29, 0.717) is 40.8 Å². The van der Waals surface area contributed by atoms with Crippen molar-refractivity contribution in [2.24, 2.45) is 24.6 Å². The van der Waals surface area contributed by atoms with Crippen LogP contribution in [0.5, 0.6) is 5.75 Å². The predicted molar refractivity (Wildman–Crippen MR) is 182 cm³/mol. The molecule has 2 aliphatic carbocycles. The summed E-state index contributed by atoms with van der Waals surface area (Å²) in [6, 6.07) is 19.6. The number of hydrogen-bond acceptors (Lipinski definition) is 6. The number of aromatic nitrogens is 3. The van der Waals surface area contributed by atoms with Gasteiger partial charge < -0.3 is 34.9 Å². The van der Waals surface area contributed by atoms with Gasteiger partial charge in [-0.3, -0.25) is 14.4 Å². The first kappa shape index (κ1) is 30.2. The van der Waals surface area contributed by atoms with Crippen LogP contribution >= 0.6 is 0 Å². The lowest BCUT2D eigenvalue weighted by atomic mass is 10.0. The molecule has 246 valence electrons. The molecule has 2 amide bonds. The molecule has 3 atom stereocenters. The van der Waals surface area contributed by atoms with Crippen molar-refractivity contribution in [3.8, 4) is 28.4 Å². The number of imidazole rings is 1. The number of amides is 2. The summed E-state index contributed by atoms with van der Waals surface area (Å²) >= 11 is 0. The second-order valence-corrected chi connectivity index (χ2v) is 13.5. The van der Waals surface area contributed by atoms with Gasteiger partial charge in [-0.25, -0.2) is 4.98 Å². The highest BCUT2D eigenvalue weighted by Gasteiger charge is 2.47. The number of piperidine rings is 1. The van der Waals surface area contributed by atoms with Crippen molar-refractivity contribution in [1.29, 1.82) is 0 Å². The quantitative estimate of drug-likeness (QED) is 0.211. The van der Waals surface area contributed by atoms with Gasteiger partial charge in [-0.2, -0.15) is 0 Å². The van der Waals surface area contributed by atoms with E-state index in [0.717, 1.165) is 58.5 Å². The van der Waals surface area contributed by atoms with Gasteiger partial charge in [0.15, 0.2) is 5.82 Å². The van der Waals surface area contributed by atoms with E-state index in [1.807, 2.05) is 36.2 Å². The Morgan fingerprint density at radius 2 is 1.75 bits per heavy atom. The molecule has 0 spiro atoms. The number of carbonyl (C=O) groups is 3. The van der Waals surface area contributed by atoms with Crippen LogP contribution < -0.4 is 15.8 Å². The number of nitrogens with one attached hydrogen (secondary N) is 1. The molecule has 0 unspecified atom stereocenters. The van der Waals surface area contributed by atoms with E-state index in [1.165, 1.54) is 12.8 Å². The third-order valence-corrected chi connectivity index (χ3v) is 10.5. The molecule has 11 nitrogen and oxygen atoms in total. The second-order valence-electron chi connectivity index (χ2n) is 13.5. The summed E-state index contributed by atoms with van der Waals surface area (Å²) in [5.41, 5.74) is 13.0. The van der Waals surface area contributed by atoms with E-state index in [9.17, 15) is 14.4 Å². The Balaban J connectivity index is 1.16. The van der Waals surface area contributed by atoms with E-state index in [2.05, 4.69) is 38.7 Å². The van der Waals surface area contributed by atoms with Crippen LogP contribution in [0, 0.1) is 11.8 Å². The van der Waals surface area contributed by atoms with Gasteiger partial charge in [0.2, 0.25) is 0 Å². The third kappa shape index (κ3) is 5.09. The van der Waals surface area contributed by atoms with E-state index < -0.39 is 18.4 Å². The van der Waals surface area contributed by atoms with E-state index >= 15 is 0 Å². The third-order valence-electron chi connectivity index (χ3n) is 10.5. The highest BCUT2D eigenvalue weighted by Crippen LogP contribution is 2.41. The van der Waals surface area contributed by atoms with Crippen molar-refractivity contribution in [2.45, 2.75) is 44.3 Å². The minimum Gasteiger partial charge on any atom is -0.494 e. The summed E-state index contributed by atoms with van der Waals surface area (Å²) in [6.07, 6.45) is 4.41. The maximum atomic E-state index is 13.7. The molecule has 3 fully saturated rings. The number of nitrogens with two attached hydrogens (primary N) is 1. The summed E-state index contributed by atoms with van der Waals surface area (Å²) in [5.74, 6) is 0.843. The van der Waals surface area contributed by atoms with Gasteiger partial charge in [-0.1, -0.05) is 24.3 Å². The number of aryl methyl sites for hydroxylation is 1. The molecule has 11 heteroatoms. The lowest BCUT2D eigenvalue weighted by Crippen LogP contribution is -2.41. The standard InChI is InChI=1S/C37H38N6O5/c1-41-34-27(13-26(16-31(34)48-2)37(47)43-19-25-11-12-28(43)33(25)38)40-35(41)30-15-24-10-9-23(14-29(24)42(30)18-20-3-4-20)21-5-7-22(8-6-21)36(46)39-17-32(44)45/h5-10,13-16,20,25,28,33H,3-4,11-12,17-19,38H2,1-2H3,(H,39,46)(H,44,45)/t25-,28-,33-/m1/s1. The number of hydrogen-bond donors (Lipinski definition) is 3. The molecule has 0 radical (unpaired) electrons. The number of nitrogens with zero attached hydrogens (tertiary/aromatic N) is 4. The van der Waals surface area contributed by atoms with Crippen molar-refractivity contribution in [2.75, 3.05) is 20.2 Å². The molecule has 3 aromatic carbocycles. The van der Waals surface area contributed by atoms with Crippen molar-refractivity contribution in [1.82, 2.24) is 24.3 Å². The van der Waals surface area contributed by atoms with Gasteiger partial charge in [0.05, 0.1) is 18.3 Å². The second kappa shape index (κ2) is 11.5. The maximum Gasteiger partial charge on any atom is 0.322 e. The Morgan fingerprint density at radius 3 is 2.42 bits per heavy atom. The lowest BCUT2D eigenvalue weighted by Gasteiger charge is -2.27. The minimum atomic E-state index is -1.09. The summed E-state index contributed by atoms with van der Waals surface area (Å²) < 4.78 is 10.3. The lowest BCUT2D eigenvalue weighted by molar-refractivity contribution is -0.135. The Labute approximate surface area is 277 Å². The van der Waals surface area contributed by atoms with Gasteiger partial charge >= 0.3 is 5.97 Å². The number of ether oxygens (including phenoxy) is 1. The van der Waals surface area contributed by atoms with Crippen LogP contribution in [-0.2, 0) is 18.4 Å². The summed E-state index contributed by atoms with van der Waals surface area (Å²) in [7, 11) is 3.62. The van der Waals surface area contributed by atoms with Crippen LogP contribution in [0.1, 0.15) is 46.4 Å². The number of carboxylic acids is 1. The average Bonchev–Trinajstić information content (AvgIpc) is 3.50. The molecule has 1 saturated heterocycles. The fourth-order valence-electron chi connectivity index (χ4n) is 7.71. The zero-order chi connectivity index (χ0) is 33.3. The molecule has 1 aliphatic heterocycles. The van der Waals surface area contributed by atoms with Crippen LogP contribution in [0.3, 0.4) is 0 Å². The molecule has 8 rings (SSSR count). The molecule has 5 aromatic rings. The molecule has 3 heterocycles. The largest absolute Gasteiger partial charge is 0.494 e. The number of likely N-dealkylation sites (tertiary alicyclic amines) is 1. The predicted octanol–water partition coefficient (Wildman–Crippen LogP) is 4.66. The molecule has 3 aliphatic rings. The van der Waals surface area contributed by atoms with Crippen LogP contribution in [0.25, 0.3) is 44.6 Å². The van der Waals surface area contributed by atoms with E-state index in [-0.39, 0.29) is 18.0 Å². The molecule has 2 bridgehead atoms. The van der Waals surface area contributed by atoms with Gasteiger partial charge in [0.1, 0.15) is 17.8 Å². The van der Waals surface area contributed by atoms with Crippen LogP contribution in [0.2, 0.25) is 0 Å². The van der Waals surface area contributed by atoms with Crippen molar-refractivity contribution in [3.05, 3.63) is 71.8 Å². The van der Waals surface area contributed by atoms with E-state index in [1.54, 1.807) is 19.2 Å². The Bertz CT molecular complexity index is 2110. The summed E-state index contributed by atoms with van der Waals surface area (Å²) in [6.45, 7) is 1.14. The fourth-order valence-corrected chi connectivity index (χ4v) is 7.71. The fraction of sp³-hybridized carbons (Fsp3) is 0.351. The average molecular weight is 647 g/mol. The molecular formula is C37H38N6O5. The smallest absolute Gasteiger partial charge is 0.322 e. The first-order valence-corrected chi connectivity index (χ1v) is 16.5. The monoisotopic (exact) mass is 646 g/mol. The highest BCUT2D eigenvalue weighted by molar-refractivity contribution is 6.01. The molecular weight excluding hydrogens is 608 g/mol. The summed E-state index contributed by atoms with van der Waals surface area (Å²) in [5, 5.41) is 12.4. The first-order chi connectivity index (χ1) is 23.2. The zero-order valence-corrected chi connectivity index (χ0v) is 27.0. The number of benzene rings is 3. The molecule has 4 N–H and O–H groups in total. The number of carbonyl (C=O) groups excluding carboxylic acids is 2. The summed E-state index contributed by atoms with van der Waals surface area (Å²) in [4.78, 5) is 44.0. The zero-order valence-electron chi connectivity index (χ0n) is 27.0. The number of fused-ring (bicyclic) bond motifs is 4. The maximum absolute atomic E-state index is 13.7. The van der Waals surface area contributed by atoms with Gasteiger partial charge in [0.25, 0.3) is 11.8 Å². The van der Waals surface area contributed by atoms with Gasteiger partial charge in [-0.05, 0) is 85.0 Å². The SMILES string of the molecule is COc1cc(C(=O)N2C[C@H]3CC[C@@H]2[C@@H]3N)cc2nc(-c3cc4ccc(-c5ccc(C(=O)NCC(=O)O)cc5)cc4n3CC3CC3)n(C)c12. The number of carboxylic acid groups (broad SMARTS) is 1. The molecule has 2 aromatic heterocycles. The highest BCUT2D eigenvalue weighted by atomic mass is 16.5. The van der Waals surface area contributed by atoms with Crippen molar-refractivity contribution >= 4 is 39.7 Å². The van der Waals surface area contributed by atoms with Crippen LogP contribution in [-0.4, -0.2) is 74.2 Å². The first-order valence-electron chi connectivity index (χ1n) is 16.5. The van der Waals surface area contributed by atoms with Crippen LogP contribution in [0.15, 0.2) is 60.7 Å². The molecule has 2 saturated carbocycles. The number of aliphatic carboxylic acids is 1. The normalized spacial score (nSPS) is 20.1. The Kier molecular flexibility index (Phi) is 7.24. The van der Waals surface area contributed by atoms with Crippen molar-refractivity contribution in [3.63, 3.8) is 0 Å².